The molecular formula is C29H26N4O2. The van der Waals surface area contributed by atoms with E-state index >= 15 is 0 Å². The van der Waals surface area contributed by atoms with Gasteiger partial charge in [-0.3, -0.25) is 14.9 Å². The number of imide groups is 1. The summed E-state index contributed by atoms with van der Waals surface area (Å²) < 4.78 is 2.01. The van der Waals surface area contributed by atoms with Gasteiger partial charge in [0.15, 0.2) is 0 Å². The number of aryl methyl sites for hydroxylation is 1. The first-order valence-corrected chi connectivity index (χ1v) is 12.2. The van der Waals surface area contributed by atoms with Crippen molar-refractivity contribution >= 4 is 50.3 Å². The highest BCUT2D eigenvalue weighted by molar-refractivity contribution is 6.50. The van der Waals surface area contributed by atoms with E-state index in [0.717, 1.165) is 58.1 Å². The lowest BCUT2D eigenvalue weighted by Crippen LogP contribution is -2.52. The molecule has 3 aliphatic rings. The lowest BCUT2D eigenvalue weighted by molar-refractivity contribution is -0.122. The van der Waals surface area contributed by atoms with Crippen molar-refractivity contribution in [1.82, 2.24) is 15.2 Å². The zero-order chi connectivity index (χ0) is 23.7. The van der Waals surface area contributed by atoms with Gasteiger partial charge < -0.3 is 14.8 Å². The van der Waals surface area contributed by atoms with E-state index in [-0.39, 0.29) is 17.4 Å². The van der Waals surface area contributed by atoms with Crippen molar-refractivity contribution in [1.29, 1.82) is 0 Å². The second-order valence-electron chi connectivity index (χ2n) is 10.0. The van der Waals surface area contributed by atoms with Gasteiger partial charge in [-0.2, -0.15) is 0 Å². The summed E-state index contributed by atoms with van der Waals surface area (Å²) in [7, 11) is 1.97. The molecule has 1 aliphatic carbocycles. The number of nitrogens with zero attached hydrogens (tertiary/aromatic N) is 2. The molecule has 3 aromatic carbocycles. The van der Waals surface area contributed by atoms with Crippen molar-refractivity contribution < 1.29 is 9.59 Å². The third-order valence-corrected chi connectivity index (χ3v) is 7.81. The molecular weight excluding hydrogens is 436 g/mol. The maximum atomic E-state index is 13.3. The maximum absolute atomic E-state index is 13.3. The Kier molecular flexibility index (Phi) is 4.27. The van der Waals surface area contributed by atoms with Gasteiger partial charge in [-0.1, -0.05) is 42.5 Å². The summed E-state index contributed by atoms with van der Waals surface area (Å²) in [6, 6.07) is 20.5. The minimum atomic E-state index is -0.338. The van der Waals surface area contributed by atoms with Gasteiger partial charge in [0.05, 0.1) is 11.1 Å². The van der Waals surface area contributed by atoms with Crippen LogP contribution in [0.25, 0.3) is 32.8 Å². The van der Waals surface area contributed by atoms with Gasteiger partial charge >= 0.3 is 0 Å². The summed E-state index contributed by atoms with van der Waals surface area (Å²) >= 11 is 0. The van der Waals surface area contributed by atoms with Crippen LogP contribution in [0.3, 0.4) is 0 Å². The molecule has 1 spiro atoms. The summed E-state index contributed by atoms with van der Waals surface area (Å²) in [4.78, 5) is 29.0. The molecule has 0 bridgehead atoms. The standard InChI is InChI=1S/C29H26N4O2/c1-32-16-23(21-8-4-5-9-24(21)32)26-25(27(34)31-28(26)35)22-15-19(14-18-6-2-3-7-20(18)22)33-13-12-30-29(17-33)10-11-29/h2-9,14-16,30H,10-13,17H2,1H3,(H,31,34,35). The molecule has 7 rings (SSSR count). The second-order valence-corrected chi connectivity index (χ2v) is 10.0. The second kappa shape index (κ2) is 7.30. The predicted octanol–water partition coefficient (Wildman–Crippen LogP) is 3.84. The molecule has 2 fully saturated rings. The Hall–Kier alpha value is -3.90. The zero-order valence-electron chi connectivity index (χ0n) is 19.6. The Balaban J connectivity index is 1.48. The molecule has 2 aliphatic heterocycles. The number of anilines is 1. The van der Waals surface area contributed by atoms with Gasteiger partial charge in [0, 0.05) is 60.6 Å². The number of amides is 2. The monoisotopic (exact) mass is 462 g/mol. The Morgan fingerprint density at radius 1 is 0.857 bits per heavy atom. The predicted molar refractivity (Wildman–Crippen MR) is 139 cm³/mol. The largest absolute Gasteiger partial charge is 0.368 e. The quantitative estimate of drug-likeness (QED) is 0.454. The van der Waals surface area contributed by atoms with Crippen molar-refractivity contribution in [3.8, 4) is 0 Å². The average Bonchev–Trinajstić information content (AvgIpc) is 3.43. The Labute approximate surface area is 203 Å². The molecule has 0 unspecified atom stereocenters. The van der Waals surface area contributed by atoms with Crippen LogP contribution in [0.2, 0.25) is 0 Å². The number of piperazine rings is 1. The van der Waals surface area contributed by atoms with Crippen LogP contribution in [0, 0.1) is 0 Å². The normalized spacial score (nSPS) is 19.3. The fraction of sp³-hybridized carbons (Fsp3) is 0.241. The molecule has 0 atom stereocenters. The number of aromatic nitrogens is 1. The van der Waals surface area contributed by atoms with Crippen LogP contribution >= 0.6 is 0 Å². The lowest BCUT2D eigenvalue weighted by atomic mass is 9.91. The maximum Gasteiger partial charge on any atom is 0.259 e. The fourth-order valence-electron chi connectivity index (χ4n) is 5.86. The van der Waals surface area contributed by atoms with Crippen molar-refractivity contribution in [3.63, 3.8) is 0 Å². The molecule has 4 aromatic rings. The van der Waals surface area contributed by atoms with E-state index in [9.17, 15) is 9.59 Å². The summed E-state index contributed by atoms with van der Waals surface area (Å²) in [5.74, 6) is -0.672. The third kappa shape index (κ3) is 3.13. The highest BCUT2D eigenvalue weighted by atomic mass is 16.2. The molecule has 0 radical (unpaired) electrons. The molecule has 2 amide bonds. The lowest BCUT2D eigenvalue weighted by Gasteiger charge is -2.36. The van der Waals surface area contributed by atoms with Crippen LogP contribution in [0.4, 0.5) is 5.69 Å². The van der Waals surface area contributed by atoms with Crippen molar-refractivity contribution in [2.45, 2.75) is 18.4 Å². The summed E-state index contributed by atoms with van der Waals surface area (Å²) in [5, 5.41) is 9.27. The van der Waals surface area contributed by atoms with Crippen LogP contribution in [0.15, 0.2) is 66.9 Å². The van der Waals surface area contributed by atoms with Crippen molar-refractivity contribution in [2.75, 3.05) is 24.5 Å². The molecule has 6 nitrogen and oxygen atoms in total. The number of benzene rings is 3. The van der Waals surface area contributed by atoms with Crippen LogP contribution in [0.5, 0.6) is 0 Å². The Morgan fingerprint density at radius 3 is 2.37 bits per heavy atom. The van der Waals surface area contributed by atoms with Crippen molar-refractivity contribution in [3.05, 3.63) is 78.0 Å². The smallest absolute Gasteiger partial charge is 0.259 e. The van der Waals surface area contributed by atoms with E-state index in [1.807, 2.05) is 60.3 Å². The number of para-hydroxylation sites is 1. The summed E-state index contributed by atoms with van der Waals surface area (Å²) in [6.45, 7) is 2.83. The SMILES string of the molecule is Cn1cc(C2=C(c3cc(N4CCNC5(CC5)C4)cc4ccccc34)C(=O)NC2=O)c2ccccc21. The number of rotatable bonds is 3. The van der Waals surface area contributed by atoms with Gasteiger partial charge in [0.1, 0.15) is 0 Å². The number of fused-ring (bicyclic) bond motifs is 2. The molecule has 6 heteroatoms. The van der Waals surface area contributed by atoms with Gasteiger partial charge in [-0.25, -0.2) is 0 Å². The van der Waals surface area contributed by atoms with E-state index in [0.29, 0.717) is 11.1 Å². The topological polar surface area (TPSA) is 66.4 Å². The van der Waals surface area contributed by atoms with E-state index in [1.54, 1.807) is 0 Å². The van der Waals surface area contributed by atoms with Crippen LogP contribution in [0.1, 0.15) is 24.0 Å². The molecule has 3 heterocycles. The Bertz CT molecular complexity index is 1590. The van der Waals surface area contributed by atoms with Gasteiger partial charge in [-0.05, 0) is 47.4 Å². The van der Waals surface area contributed by atoms with E-state index in [4.69, 9.17) is 0 Å². The van der Waals surface area contributed by atoms with Gasteiger partial charge in [0.25, 0.3) is 11.8 Å². The highest BCUT2D eigenvalue weighted by Crippen LogP contribution is 2.42. The summed E-state index contributed by atoms with van der Waals surface area (Å²) in [6.07, 6.45) is 4.37. The number of hydrogen-bond acceptors (Lipinski definition) is 4. The third-order valence-electron chi connectivity index (χ3n) is 7.81. The highest BCUT2D eigenvalue weighted by Gasteiger charge is 2.45. The zero-order valence-corrected chi connectivity index (χ0v) is 19.6. The molecule has 1 saturated carbocycles. The number of nitrogens with one attached hydrogen (secondary N) is 2. The van der Waals surface area contributed by atoms with Crippen molar-refractivity contribution in [2.24, 2.45) is 7.05 Å². The summed E-state index contributed by atoms with van der Waals surface area (Å²) in [5.41, 5.74) is 4.87. The average molecular weight is 463 g/mol. The first kappa shape index (κ1) is 20.5. The molecule has 1 saturated heterocycles. The van der Waals surface area contributed by atoms with Crippen LogP contribution in [-0.4, -0.2) is 41.6 Å². The Morgan fingerprint density at radius 2 is 1.57 bits per heavy atom. The minimum Gasteiger partial charge on any atom is -0.368 e. The first-order valence-electron chi connectivity index (χ1n) is 12.2. The van der Waals surface area contributed by atoms with E-state index < -0.39 is 0 Å². The number of carbonyl (C=O) groups is 2. The van der Waals surface area contributed by atoms with Gasteiger partial charge in [0.2, 0.25) is 0 Å². The minimum absolute atomic E-state index is 0.234. The van der Waals surface area contributed by atoms with Crippen LogP contribution < -0.4 is 15.5 Å². The molecule has 1 aromatic heterocycles. The number of hydrogen-bond donors (Lipinski definition) is 2. The molecule has 2 N–H and O–H groups in total. The van der Waals surface area contributed by atoms with E-state index in [2.05, 4.69) is 33.7 Å². The first-order chi connectivity index (χ1) is 17.0. The number of carbonyl (C=O) groups excluding carboxylic acids is 2. The van der Waals surface area contributed by atoms with Crippen LogP contribution in [-0.2, 0) is 16.6 Å². The van der Waals surface area contributed by atoms with E-state index in [1.165, 1.54) is 12.8 Å². The fourth-order valence-corrected chi connectivity index (χ4v) is 5.86. The molecule has 35 heavy (non-hydrogen) atoms. The molecule has 174 valence electrons. The van der Waals surface area contributed by atoms with Gasteiger partial charge in [-0.15, -0.1) is 0 Å².